The quantitative estimate of drug-likeness (QED) is 0.830. The van der Waals surface area contributed by atoms with E-state index < -0.39 is 18.0 Å². The molecule has 0 spiro atoms. The van der Waals surface area contributed by atoms with Crippen LogP contribution in [0.15, 0.2) is 18.2 Å². The van der Waals surface area contributed by atoms with Crippen molar-refractivity contribution in [3.05, 3.63) is 28.8 Å². The van der Waals surface area contributed by atoms with E-state index in [-0.39, 0.29) is 17.1 Å². The lowest BCUT2D eigenvalue weighted by Gasteiger charge is -2.16. The first kappa shape index (κ1) is 16.0. The molecule has 6 nitrogen and oxygen atoms in total. The van der Waals surface area contributed by atoms with E-state index in [4.69, 9.17) is 16.3 Å². The lowest BCUT2D eigenvalue weighted by molar-refractivity contribution is -0.126. The second-order valence-electron chi connectivity index (χ2n) is 4.03. The number of imide groups is 1. The summed E-state index contributed by atoms with van der Waals surface area (Å²) >= 11 is 5.81. The van der Waals surface area contributed by atoms with Gasteiger partial charge in [0.25, 0.3) is 5.91 Å². The third-order valence-corrected chi connectivity index (χ3v) is 2.69. The number of benzene rings is 1. The molecule has 3 amide bonds. The van der Waals surface area contributed by atoms with Crippen LogP contribution in [-0.4, -0.2) is 30.9 Å². The van der Waals surface area contributed by atoms with Crippen molar-refractivity contribution in [3.63, 3.8) is 0 Å². The number of Topliss-reactive ketones (excluding diaryl/α,β-unsaturated/α-hetero) is 1. The van der Waals surface area contributed by atoms with Crippen molar-refractivity contribution >= 4 is 29.3 Å². The Bertz CT molecular complexity index is 545. The van der Waals surface area contributed by atoms with Crippen molar-refractivity contribution in [2.45, 2.75) is 20.0 Å². The molecule has 0 fully saturated rings. The number of hydrogen-bond acceptors (Lipinski definition) is 4. The van der Waals surface area contributed by atoms with Crippen molar-refractivity contribution in [2.24, 2.45) is 0 Å². The Labute approximate surface area is 121 Å². The number of carbonyl (C=O) groups is 3. The van der Waals surface area contributed by atoms with Gasteiger partial charge in [0, 0.05) is 12.1 Å². The molecule has 0 aromatic heterocycles. The monoisotopic (exact) mass is 298 g/mol. The molecule has 1 aromatic carbocycles. The largest absolute Gasteiger partial charge is 0.480 e. The van der Waals surface area contributed by atoms with Gasteiger partial charge in [-0.1, -0.05) is 11.6 Å². The van der Waals surface area contributed by atoms with Crippen LogP contribution >= 0.6 is 11.6 Å². The number of hydrogen-bond donors (Lipinski definition) is 2. The second-order valence-corrected chi connectivity index (χ2v) is 4.46. The van der Waals surface area contributed by atoms with E-state index in [1.54, 1.807) is 6.07 Å². The maximum atomic E-state index is 11.7. The molecule has 0 saturated heterocycles. The highest BCUT2D eigenvalue weighted by Gasteiger charge is 2.19. The summed E-state index contributed by atoms with van der Waals surface area (Å²) in [5, 5.41) is 4.73. The average Bonchev–Trinajstić information content (AvgIpc) is 2.40. The topological polar surface area (TPSA) is 84.5 Å². The smallest absolute Gasteiger partial charge is 0.321 e. The van der Waals surface area contributed by atoms with Gasteiger partial charge in [-0.3, -0.25) is 14.9 Å². The average molecular weight is 299 g/mol. The lowest BCUT2D eigenvalue weighted by atomic mass is 10.1. The van der Waals surface area contributed by atoms with Gasteiger partial charge in [-0.2, -0.15) is 0 Å². The summed E-state index contributed by atoms with van der Waals surface area (Å²) in [6.45, 7) is 2.84. The Kier molecular flexibility index (Phi) is 5.52. The molecule has 0 bridgehead atoms. The van der Waals surface area contributed by atoms with Crippen LogP contribution in [0.25, 0.3) is 0 Å². The zero-order chi connectivity index (χ0) is 15.3. The van der Waals surface area contributed by atoms with E-state index in [2.05, 4.69) is 10.6 Å². The summed E-state index contributed by atoms with van der Waals surface area (Å²) in [6, 6.07) is 3.88. The summed E-state index contributed by atoms with van der Waals surface area (Å²) in [5.41, 5.74) is 0.275. The number of ether oxygens (including phenoxy) is 1. The van der Waals surface area contributed by atoms with Crippen LogP contribution in [0.2, 0.25) is 5.02 Å². The van der Waals surface area contributed by atoms with Crippen LogP contribution in [0.4, 0.5) is 4.79 Å². The highest BCUT2D eigenvalue weighted by atomic mass is 35.5. The van der Waals surface area contributed by atoms with Gasteiger partial charge in [-0.05, 0) is 32.0 Å². The number of halogens is 1. The Morgan fingerprint density at radius 2 is 1.95 bits per heavy atom. The number of carbonyl (C=O) groups excluding carboxylic acids is 3. The molecule has 1 unspecified atom stereocenters. The summed E-state index contributed by atoms with van der Waals surface area (Å²) in [6.07, 6.45) is -0.938. The van der Waals surface area contributed by atoms with Gasteiger partial charge >= 0.3 is 6.03 Å². The predicted octanol–water partition coefficient (Wildman–Crippen LogP) is 1.77. The van der Waals surface area contributed by atoms with Gasteiger partial charge in [0.1, 0.15) is 5.75 Å². The van der Waals surface area contributed by atoms with Gasteiger partial charge < -0.3 is 10.1 Å². The minimum Gasteiger partial charge on any atom is -0.480 e. The van der Waals surface area contributed by atoms with Crippen LogP contribution in [0.5, 0.6) is 5.75 Å². The molecule has 0 aliphatic rings. The molecule has 0 aliphatic heterocycles. The Morgan fingerprint density at radius 3 is 2.50 bits per heavy atom. The fourth-order valence-electron chi connectivity index (χ4n) is 1.40. The first-order valence-electron chi connectivity index (χ1n) is 5.85. The van der Waals surface area contributed by atoms with E-state index in [1.165, 1.54) is 33.0 Å². The number of nitrogens with one attached hydrogen (secondary N) is 2. The van der Waals surface area contributed by atoms with Gasteiger partial charge in [0.2, 0.25) is 0 Å². The molecule has 20 heavy (non-hydrogen) atoms. The number of urea groups is 1. The normalized spacial score (nSPS) is 11.4. The number of amides is 3. The Morgan fingerprint density at radius 1 is 1.30 bits per heavy atom. The molecular weight excluding hydrogens is 284 g/mol. The minimum atomic E-state index is -0.938. The van der Waals surface area contributed by atoms with Crippen molar-refractivity contribution in [2.75, 3.05) is 7.05 Å². The highest BCUT2D eigenvalue weighted by molar-refractivity contribution is 6.31. The van der Waals surface area contributed by atoms with Crippen molar-refractivity contribution in [1.82, 2.24) is 10.6 Å². The summed E-state index contributed by atoms with van der Waals surface area (Å²) in [4.78, 5) is 34.2. The fourth-order valence-corrected chi connectivity index (χ4v) is 1.57. The summed E-state index contributed by atoms with van der Waals surface area (Å²) in [7, 11) is 1.39. The van der Waals surface area contributed by atoms with Crippen LogP contribution in [0.3, 0.4) is 0 Å². The van der Waals surface area contributed by atoms with E-state index >= 15 is 0 Å². The van der Waals surface area contributed by atoms with Gasteiger partial charge in [-0.15, -0.1) is 0 Å². The van der Waals surface area contributed by atoms with Crippen LogP contribution in [0.1, 0.15) is 24.2 Å². The highest BCUT2D eigenvalue weighted by Crippen LogP contribution is 2.24. The van der Waals surface area contributed by atoms with Crippen molar-refractivity contribution in [1.29, 1.82) is 0 Å². The third-order valence-electron chi connectivity index (χ3n) is 2.46. The third kappa shape index (κ3) is 4.24. The molecule has 1 atom stereocenters. The van der Waals surface area contributed by atoms with Crippen molar-refractivity contribution < 1.29 is 19.1 Å². The molecule has 1 aromatic rings. The van der Waals surface area contributed by atoms with Crippen LogP contribution < -0.4 is 15.4 Å². The van der Waals surface area contributed by atoms with Gasteiger partial charge in [0.05, 0.1) is 5.56 Å². The zero-order valence-electron chi connectivity index (χ0n) is 11.3. The molecule has 7 heteroatoms. The molecule has 0 aliphatic carbocycles. The summed E-state index contributed by atoms with van der Waals surface area (Å²) < 4.78 is 5.40. The predicted molar refractivity (Wildman–Crippen MR) is 74.1 cm³/mol. The fraction of sp³-hybridized carbons (Fsp3) is 0.308. The SMILES string of the molecule is CNC(=O)NC(=O)C(C)Oc1ccc(Cl)cc1C(C)=O. The van der Waals surface area contributed by atoms with Crippen LogP contribution in [0, 0.1) is 0 Å². The van der Waals surface area contributed by atoms with E-state index in [1.807, 2.05) is 0 Å². The Balaban J connectivity index is 2.85. The van der Waals surface area contributed by atoms with E-state index in [0.717, 1.165) is 0 Å². The van der Waals surface area contributed by atoms with Crippen LogP contribution in [-0.2, 0) is 4.79 Å². The van der Waals surface area contributed by atoms with E-state index in [0.29, 0.717) is 5.02 Å². The number of rotatable bonds is 4. The second kappa shape index (κ2) is 6.91. The molecule has 0 saturated carbocycles. The van der Waals surface area contributed by atoms with Gasteiger partial charge in [0.15, 0.2) is 11.9 Å². The molecular formula is C13H15ClN2O4. The standard InChI is InChI=1S/C13H15ClN2O4/c1-7(17)10-6-9(14)4-5-11(10)20-8(2)12(18)16-13(19)15-3/h4-6,8H,1-3H3,(H2,15,16,18,19). The molecule has 108 valence electrons. The molecule has 0 radical (unpaired) electrons. The molecule has 1 rings (SSSR count). The summed E-state index contributed by atoms with van der Waals surface area (Å²) in [5.74, 6) is -0.614. The first-order chi connectivity index (χ1) is 9.35. The molecule has 0 heterocycles. The molecule has 2 N–H and O–H groups in total. The zero-order valence-corrected chi connectivity index (χ0v) is 12.1. The minimum absolute atomic E-state index is 0.235. The van der Waals surface area contributed by atoms with Gasteiger partial charge in [-0.25, -0.2) is 4.79 Å². The number of ketones is 1. The van der Waals surface area contributed by atoms with Crippen molar-refractivity contribution in [3.8, 4) is 5.75 Å². The maximum Gasteiger partial charge on any atom is 0.321 e. The lowest BCUT2D eigenvalue weighted by Crippen LogP contribution is -2.44. The van der Waals surface area contributed by atoms with E-state index in [9.17, 15) is 14.4 Å². The maximum absolute atomic E-state index is 11.7. The first-order valence-corrected chi connectivity index (χ1v) is 6.22. The Hall–Kier alpha value is -2.08.